The van der Waals surface area contributed by atoms with Crippen molar-refractivity contribution in [3.8, 4) is 23.1 Å². The molecule has 3 aromatic rings. The zero-order valence-corrected chi connectivity index (χ0v) is 18.0. The van der Waals surface area contributed by atoms with Crippen LogP contribution in [-0.2, 0) is 6.54 Å². The average Bonchev–Trinajstić information content (AvgIpc) is 3.00. The van der Waals surface area contributed by atoms with E-state index in [1.807, 2.05) is 56.3 Å². The first kappa shape index (κ1) is 21.1. The van der Waals surface area contributed by atoms with Gasteiger partial charge in [-0.2, -0.15) is 5.26 Å². The maximum atomic E-state index is 9.93. The Hall–Kier alpha value is -2.66. The summed E-state index contributed by atoms with van der Waals surface area (Å²) in [6.07, 6.45) is 0.958. The van der Waals surface area contributed by atoms with Gasteiger partial charge in [-0.3, -0.25) is 10.6 Å². The minimum atomic E-state index is 0.256. The molecule has 0 atom stereocenters. The number of rotatable bonds is 8. The number of nitrogens with zero attached hydrogens (tertiary/aromatic N) is 3. The van der Waals surface area contributed by atoms with Gasteiger partial charge in [-0.05, 0) is 58.8 Å². The van der Waals surface area contributed by atoms with E-state index in [2.05, 4.69) is 23.0 Å². The van der Waals surface area contributed by atoms with Gasteiger partial charge in [0.1, 0.15) is 11.8 Å². The van der Waals surface area contributed by atoms with Gasteiger partial charge in [-0.25, -0.2) is 0 Å². The van der Waals surface area contributed by atoms with Gasteiger partial charge in [0, 0.05) is 17.2 Å². The minimum Gasteiger partial charge on any atom is -0.497 e. The maximum Gasteiger partial charge on any atom is 0.119 e. The lowest BCUT2D eigenvalue weighted by Gasteiger charge is -2.18. The molecule has 0 fully saturated rings. The fraction of sp³-hybridized carbons (Fsp3) is 0.318. The minimum absolute atomic E-state index is 0.256. The predicted molar refractivity (Wildman–Crippen MR) is 119 cm³/mol. The molecule has 2 aromatic carbocycles. The highest BCUT2D eigenvalue weighted by molar-refractivity contribution is 7.97. The van der Waals surface area contributed by atoms with Gasteiger partial charge in [0.15, 0.2) is 0 Å². The van der Waals surface area contributed by atoms with Gasteiger partial charge < -0.3 is 9.30 Å². The van der Waals surface area contributed by atoms with Crippen LogP contribution in [0.2, 0.25) is 0 Å². The van der Waals surface area contributed by atoms with Crippen LogP contribution >= 0.6 is 11.9 Å². The molecule has 0 spiro atoms. The second-order valence-corrected chi connectivity index (χ2v) is 8.49. The van der Waals surface area contributed by atoms with E-state index in [1.54, 1.807) is 7.11 Å². The molecule has 7 heteroatoms. The van der Waals surface area contributed by atoms with E-state index < -0.39 is 0 Å². The van der Waals surface area contributed by atoms with Crippen molar-refractivity contribution in [1.29, 1.82) is 5.26 Å². The first-order valence-electron chi connectivity index (χ1n) is 9.61. The van der Waals surface area contributed by atoms with Gasteiger partial charge in [0.25, 0.3) is 0 Å². The fourth-order valence-electron chi connectivity index (χ4n) is 3.37. The molecule has 0 aliphatic rings. The van der Waals surface area contributed by atoms with Crippen molar-refractivity contribution in [3.05, 3.63) is 48.0 Å². The van der Waals surface area contributed by atoms with Crippen LogP contribution < -0.4 is 10.2 Å². The number of fused-ring (bicyclic) bond motifs is 1. The molecule has 3 rings (SSSR count). The van der Waals surface area contributed by atoms with Crippen LogP contribution in [0.3, 0.4) is 0 Å². The average molecular weight is 411 g/mol. The molecule has 0 aliphatic carbocycles. The number of nitrogens with one attached hydrogen (secondary N) is 1. The number of hydrogen-bond donors (Lipinski definition) is 2. The first-order valence-corrected chi connectivity index (χ1v) is 10.4. The molecule has 0 radical (unpaired) electrons. The number of ether oxygens (including phenoxy) is 1. The molecule has 152 valence electrons. The van der Waals surface area contributed by atoms with Crippen LogP contribution in [0.15, 0.2) is 42.5 Å². The topological polar surface area (TPSA) is 73.5 Å². The lowest BCUT2D eigenvalue weighted by molar-refractivity contribution is 0.0433. The summed E-state index contributed by atoms with van der Waals surface area (Å²) in [5.41, 5.74) is 7.22. The van der Waals surface area contributed by atoms with Crippen LogP contribution in [0.25, 0.3) is 22.2 Å². The maximum absolute atomic E-state index is 9.93. The van der Waals surface area contributed by atoms with E-state index in [4.69, 9.17) is 4.74 Å². The monoisotopic (exact) mass is 410 g/mol. The second kappa shape index (κ2) is 9.23. The van der Waals surface area contributed by atoms with Gasteiger partial charge in [0.2, 0.25) is 0 Å². The van der Waals surface area contributed by atoms with E-state index in [-0.39, 0.29) is 5.25 Å². The highest BCUT2D eigenvalue weighted by Gasteiger charge is 2.19. The van der Waals surface area contributed by atoms with Crippen molar-refractivity contribution >= 4 is 28.5 Å². The third-order valence-electron chi connectivity index (χ3n) is 4.52. The summed E-state index contributed by atoms with van der Waals surface area (Å²) in [7, 11) is 1.63. The van der Waals surface area contributed by atoms with E-state index >= 15 is 0 Å². The Balaban J connectivity index is 2.04. The molecular formula is C22H26N4O2S. The molecule has 0 saturated carbocycles. The molecule has 6 nitrogen and oxygen atoms in total. The number of aryl methyl sites for hydroxylation is 1. The van der Waals surface area contributed by atoms with Crippen molar-refractivity contribution in [2.45, 2.75) is 39.0 Å². The Morgan fingerprint density at radius 1 is 1.24 bits per heavy atom. The van der Waals surface area contributed by atoms with E-state index in [9.17, 15) is 10.5 Å². The first-order chi connectivity index (χ1) is 14.0. The number of aromatic nitrogens is 1. The Kier molecular flexibility index (Phi) is 6.70. The number of benzene rings is 2. The van der Waals surface area contributed by atoms with Crippen LogP contribution in [0.5, 0.6) is 5.75 Å². The molecule has 1 aromatic heterocycles. The summed E-state index contributed by atoms with van der Waals surface area (Å²) < 4.78 is 8.57. The quantitative estimate of drug-likeness (QED) is 0.368. The molecule has 29 heavy (non-hydrogen) atoms. The summed E-state index contributed by atoms with van der Waals surface area (Å²) in [6, 6.07) is 16.0. The van der Waals surface area contributed by atoms with Gasteiger partial charge in [-0.15, -0.1) is 0 Å². The number of nitriles is 1. The van der Waals surface area contributed by atoms with Gasteiger partial charge >= 0.3 is 0 Å². The highest BCUT2D eigenvalue weighted by atomic mass is 32.2. The third-order valence-corrected chi connectivity index (χ3v) is 5.24. The Labute approximate surface area is 175 Å². The van der Waals surface area contributed by atoms with Crippen molar-refractivity contribution in [3.63, 3.8) is 0 Å². The van der Waals surface area contributed by atoms with Crippen molar-refractivity contribution in [1.82, 2.24) is 9.14 Å². The third kappa shape index (κ3) is 4.51. The van der Waals surface area contributed by atoms with Crippen molar-refractivity contribution < 1.29 is 9.94 Å². The van der Waals surface area contributed by atoms with E-state index in [0.717, 1.165) is 51.1 Å². The molecule has 0 bridgehead atoms. The molecule has 0 aliphatic heterocycles. The SMILES string of the molecule is CCCn1c(-c2ccc(NN(O)SC(C)C)cc2)c(C#N)c2cc(OC)ccc21. The standard InChI is InChI=1S/C22H26N4O2S/c1-5-12-25-21-11-10-18(28-4)13-19(21)20(14-23)22(25)16-6-8-17(9-7-16)24-26(27)29-15(2)3/h6-11,13,15,24,27H,5,12H2,1-4H3. The molecule has 0 saturated heterocycles. The zero-order valence-electron chi connectivity index (χ0n) is 17.1. The Morgan fingerprint density at radius 2 is 1.97 bits per heavy atom. The summed E-state index contributed by atoms with van der Waals surface area (Å²) in [5, 5.41) is 21.0. The number of hydrogen-bond acceptors (Lipinski definition) is 6. The lowest BCUT2D eigenvalue weighted by Crippen LogP contribution is -2.20. The number of methoxy groups -OCH3 is 1. The van der Waals surface area contributed by atoms with Crippen LogP contribution in [0.1, 0.15) is 32.8 Å². The smallest absolute Gasteiger partial charge is 0.119 e. The molecule has 2 N–H and O–H groups in total. The molecule has 0 amide bonds. The second-order valence-electron chi connectivity index (χ2n) is 6.99. The largest absolute Gasteiger partial charge is 0.497 e. The molecule has 1 heterocycles. The number of anilines is 1. The predicted octanol–water partition coefficient (Wildman–Crippen LogP) is 5.67. The van der Waals surface area contributed by atoms with E-state index in [1.165, 1.54) is 11.9 Å². The summed E-state index contributed by atoms with van der Waals surface area (Å²) in [4.78, 5) is 0. The summed E-state index contributed by atoms with van der Waals surface area (Å²) in [5.74, 6) is 0.736. The van der Waals surface area contributed by atoms with Crippen LogP contribution in [0.4, 0.5) is 5.69 Å². The molecule has 0 unspecified atom stereocenters. The Bertz CT molecular complexity index is 1020. The lowest BCUT2D eigenvalue weighted by atomic mass is 10.1. The van der Waals surface area contributed by atoms with Gasteiger partial charge in [-0.1, -0.05) is 32.9 Å². The molecular weight excluding hydrogens is 384 g/mol. The number of hydrazine groups is 1. The van der Waals surface area contributed by atoms with E-state index in [0.29, 0.717) is 5.56 Å². The summed E-state index contributed by atoms with van der Waals surface area (Å²) in [6.45, 7) is 6.95. The normalized spacial score (nSPS) is 11.2. The zero-order chi connectivity index (χ0) is 21.0. The van der Waals surface area contributed by atoms with Crippen molar-refractivity contribution in [2.75, 3.05) is 12.5 Å². The summed E-state index contributed by atoms with van der Waals surface area (Å²) >= 11 is 1.29. The Morgan fingerprint density at radius 3 is 2.55 bits per heavy atom. The van der Waals surface area contributed by atoms with Crippen LogP contribution in [0, 0.1) is 11.3 Å². The van der Waals surface area contributed by atoms with Crippen LogP contribution in [-0.4, -0.2) is 26.7 Å². The fourth-order valence-corrected chi connectivity index (χ4v) is 3.93. The highest BCUT2D eigenvalue weighted by Crippen LogP contribution is 2.36. The van der Waals surface area contributed by atoms with Gasteiger partial charge in [0.05, 0.1) is 29.6 Å². The van der Waals surface area contributed by atoms with Crippen molar-refractivity contribution in [2.24, 2.45) is 0 Å².